The lowest BCUT2D eigenvalue weighted by atomic mass is 9.82. The lowest BCUT2D eigenvalue weighted by molar-refractivity contribution is -0.104. The molecule has 3 aromatic heterocycles. The summed E-state index contributed by atoms with van der Waals surface area (Å²) >= 11 is 0. The van der Waals surface area contributed by atoms with Gasteiger partial charge in [-0.1, -0.05) is 6.92 Å². The number of alkyl halides is 3. The molecule has 2 saturated carbocycles. The number of fused-ring (bicyclic) bond motifs is 1. The van der Waals surface area contributed by atoms with Gasteiger partial charge in [-0.2, -0.15) is 0 Å². The standard InChI is InChI=1S/C20H23FN6.C5H8F2/c1-13(2)25-18-14(3)9-15(10-22-18)16-5-8-27-17(16)11-23-19(26-27)24-12-20(21)6-4-7-20;1-4-2-5(6,7)3-4/h5,8-11H,4,6-7,12H2,1-3H3,(H,24,26);4H,2-3H2,1H3. The van der Waals surface area contributed by atoms with Gasteiger partial charge in [0.2, 0.25) is 11.9 Å². The van der Waals surface area contributed by atoms with E-state index in [1.165, 1.54) is 0 Å². The Kier molecular flexibility index (Phi) is 6.64. The van der Waals surface area contributed by atoms with Gasteiger partial charge in [0, 0.05) is 42.1 Å². The maximum Gasteiger partial charge on any atom is 0.248 e. The molecule has 182 valence electrons. The number of halogens is 3. The van der Waals surface area contributed by atoms with Crippen LogP contribution in [0, 0.1) is 12.8 Å². The monoisotopic (exact) mass is 472 g/mol. The Labute approximate surface area is 197 Å². The number of aryl methyl sites for hydroxylation is 1. The molecular formula is C25H31F3N6. The third-order valence-electron chi connectivity index (χ3n) is 6.22. The van der Waals surface area contributed by atoms with E-state index in [0.29, 0.717) is 18.8 Å². The van der Waals surface area contributed by atoms with Crippen molar-refractivity contribution >= 4 is 23.0 Å². The van der Waals surface area contributed by atoms with Gasteiger partial charge in [-0.05, 0) is 63.6 Å². The Bertz CT molecular complexity index is 1190. The van der Waals surface area contributed by atoms with Crippen LogP contribution in [0.5, 0.6) is 0 Å². The number of anilines is 1. The molecule has 2 aliphatic rings. The Morgan fingerprint density at radius 2 is 1.91 bits per heavy atom. The number of nitrogens with zero attached hydrogens (tertiary/aromatic N) is 5. The van der Waals surface area contributed by atoms with Gasteiger partial charge in [-0.15, -0.1) is 5.10 Å². The third kappa shape index (κ3) is 5.56. The fraction of sp³-hybridized carbons (Fsp3) is 0.520. The first kappa shape index (κ1) is 24.2. The number of hydrogen-bond donors (Lipinski definition) is 1. The Balaban J connectivity index is 0.000000336. The van der Waals surface area contributed by atoms with Gasteiger partial charge in [0.1, 0.15) is 5.67 Å². The van der Waals surface area contributed by atoms with Crippen LogP contribution in [0.25, 0.3) is 16.6 Å². The molecule has 0 aliphatic heterocycles. The molecule has 1 N–H and O–H groups in total. The zero-order valence-corrected chi connectivity index (χ0v) is 20.1. The van der Waals surface area contributed by atoms with Crippen LogP contribution in [0.2, 0.25) is 0 Å². The van der Waals surface area contributed by atoms with Gasteiger partial charge in [-0.25, -0.2) is 32.6 Å². The normalized spacial score (nSPS) is 18.3. The average molecular weight is 473 g/mol. The van der Waals surface area contributed by atoms with Gasteiger partial charge in [0.15, 0.2) is 5.82 Å². The van der Waals surface area contributed by atoms with Crippen LogP contribution >= 0.6 is 0 Å². The predicted molar refractivity (Wildman–Crippen MR) is 129 cm³/mol. The molecule has 3 heterocycles. The molecule has 34 heavy (non-hydrogen) atoms. The molecule has 2 aliphatic carbocycles. The summed E-state index contributed by atoms with van der Waals surface area (Å²) in [6, 6.07) is 4.06. The van der Waals surface area contributed by atoms with E-state index >= 15 is 0 Å². The van der Waals surface area contributed by atoms with Crippen molar-refractivity contribution in [1.29, 1.82) is 0 Å². The smallest absolute Gasteiger partial charge is 0.248 e. The van der Waals surface area contributed by atoms with Gasteiger partial charge in [0.05, 0.1) is 18.3 Å². The zero-order valence-electron chi connectivity index (χ0n) is 20.1. The van der Waals surface area contributed by atoms with Crippen LogP contribution < -0.4 is 5.32 Å². The lowest BCUT2D eigenvalue weighted by Crippen LogP contribution is -2.39. The first-order valence-electron chi connectivity index (χ1n) is 11.7. The minimum Gasteiger partial charge on any atom is -0.350 e. The minimum absolute atomic E-state index is 0.104. The van der Waals surface area contributed by atoms with Crippen molar-refractivity contribution in [3.63, 3.8) is 0 Å². The Morgan fingerprint density at radius 3 is 2.44 bits per heavy atom. The summed E-state index contributed by atoms with van der Waals surface area (Å²) in [4.78, 5) is 13.3. The number of rotatable bonds is 5. The van der Waals surface area contributed by atoms with Crippen LogP contribution in [0.15, 0.2) is 35.7 Å². The first-order chi connectivity index (χ1) is 16.0. The molecule has 0 atom stereocenters. The minimum atomic E-state index is -2.31. The van der Waals surface area contributed by atoms with E-state index in [4.69, 9.17) is 0 Å². The summed E-state index contributed by atoms with van der Waals surface area (Å²) in [7, 11) is 0. The quantitative estimate of drug-likeness (QED) is 0.427. The first-order valence-corrected chi connectivity index (χ1v) is 11.7. The zero-order chi connectivity index (χ0) is 24.5. The highest BCUT2D eigenvalue weighted by molar-refractivity contribution is 5.83. The summed E-state index contributed by atoms with van der Waals surface area (Å²) in [6.07, 6.45) is 7.84. The second kappa shape index (κ2) is 9.35. The lowest BCUT2D eigenvalue weighted by Gasteiger charge is -2.33. The molecule has 0 unspecified atom stereocenters. The van der Waals surface area contributed by atoms with E-state index in [0.717, 1.165) is 40.2 Å². The molecule has 0 amide bonds. The molecule has 5 rings (SSSR count). The van der Waals surface area contributed by atoms with Crippen LogP contribution in [0.4, 0.5) is 24.9 Å². The van der Waals surface area contributed by atoms with Crippen molar-refractivity contribution in [2.45, 2.75) is 71.4 Å². The van der Waals surface area contributed by atoms with Crippen LogP contribution in [-0.2, 0) is 0 Å². The molecule has 0 bridgehead atoms. The maximum atomic E-state index is 14.1. The third-order valence-corrected chi connectivity index (χ3v) is 6.22. The average Bonchev–Trinajstić information content (AvgIpc) is 3.14. The van der Waals surface area contributed by atoms with E-state index in [1.54, 1.807) is 10.7 Å². The van der Waals surface area contributed by atoms with Crippen molar-refractivity contribution in [3.8, 4) is 11.1 Å². The molecule has 2 fully saturated rings. The molecule has 9 heteroatoms. The van der Waals surface area contributed by atoms with Gasteiger partial charge in [-0.3, -0.25) is 0 Å². The highest BCUT2D eigenvalue weighted by atomic mass is 19.3. The molecule has 6 nitrogen and oxygen atoms in total. The van der Waals surface area contributed by atoms with Crippen LogP contribution in [-0.4, -0.2) is 43.4 Å². The van der Waals surface area contributed by atoms with Gasteiger partial charge >= 0.3 is 0 Å². The summed E-state index contributed by atoms with van der Waals surface area (Å²) < 4.78 is 39.5. The number of aliphatic imine (C=N–C) groups is 1. The van der Waals surface area contributed by atoms with E-state index in [1.807, 2.05) is 46.2 Å². The summed E-state index contributed by atoms with van der Waals surface area (Å²) in [6.45, 7) is 8.01. The van der Waals surface area contributed by atoms with Crippen molar-refractivity contribution < 1.29 is 13.2 Å². The van der Waals surface area contributed by atoms with E-state index < -0.39 is 11.6 Å². The number of nitrogens with one attached hydrogen (secondary N) is 1. The molecular weight excluding hydrogens is 441 g/mol. The molecule has 0 saturated heterocycles. The van der Waals surface area contributed by atoms with Crippen molar-refractivity contribution in [3.05, 3.63) is 36.3 Å². The molecule has 0 spiro atoms. The van der Waals surface area contributed by atoms with Crippen molar-refractivity contribution in [2.24, 2.45) is 10.9 Å². The highest BCUT2D eigenvalue weighted by Gasteiger charge is 2.42. The van der Waals surface area contributed by atoms with Crippen molar-refractivity contribution in [2.75, 3.05) is 11.9 Å². The summed E-state index contributed by atoms with van der Waals surface area (Å²) in [5.41, 5.74) is 3.75. The van der Waals surface area contributed by atoms with Crippen LogP contribution in [0.1, 0.15) is 58.4 Å². The van der Waals surface area contributed by atoms with Crippen LogP contribution in [0.3, 0.4) is 0 Å². The fourth-order valence-corrected chi connectivity index (χ4v) is 4.20. The Hall–Kier alpha value is -2.97. The number of aromatic nitrogens is 4. The molecule has 3 aromatic rings. The Morgan fingerprint density at radius 1 is 1.18 bits per heavy atom. The van der Waals surface area contributed by atoms with Gasteiger partial charge < -0.3 is 5.32 Å². The van der Waals surface area contributed by atoms with E-state index in [-0.39, 0.29) is 25.3 Å². The fourth-order valence-electron chi connectivity index (χ4n) is 4.20. The maximum absolute atomic E-state index is 14.1. The predicted octanol–water partition coefficient (Wildman–Crippen LogP) is 6.57. The second-order valence-corrected chi connectivity index (χ2v) is 9.79. The molecule has 0 aromatic carbocycles. The van der Waals surface area contributed by atoms with Gasteiger partial charge in [0.25, 0.3) is 0 Å². The molecule has 0 radical (unpaired) electrons. The SMILES string of the molecule is CC(C)=Nc1ncc(-c2ccn3nc(NCC4(F)CCC4)ncc23)cc1C.CC1CC(F)(F)C1. The summed E-state index contributed by atoms with van der Waals surface area (Å²) in [5, 5.41) is 7.47. The summed E-state index contributed by atoms with van der Waals surface area (Å²) in [5.74, 6) is -0.874. The van der Waals surface area contributed by atoms with E-state index in [2.05, 4.69) is 31.4 Å². The topological polar surface area (TPSA) is 67.5 Å². The highest BCUT2D eigenvalue weighted by Crippen LogP contribution is 2.41. The van der Waals surface area contributed by atoms with Crippen molar-refractivity contribution in [1.82, 2.24) is 19.6 Å². The second-order valence-electron chi connectivity index (χ2n) is 9.79. The largest absolute Gasteiger partial charge is 0.350 e. The number of hydrogen-bond acceptors (Lipinski definition) is 5. The number of pyridine rings is 1. The van der Waals surface area contributed by atoms with E-state index in [9.17, 15) is 13.2 Å².